The van der Waals surface area contributed by atoms with Gasteiger partial charge in [-0.05, 0) is 6.92 Å². The van der Waals surface area contributed by atoms with Crippen LogP contribution in [-0.4, -0.2) is 45.1 Å². The van der Waals surface area contributed by atoms with E-state index in [2.05, 4.69) is 9.76 Å². The van der Waals surface area contributed by atoms with Gasteiger partial charge in [-0.25, -0.2) is 0 Å². The minimum atomic E-state index is -2.76. The zero-order chi connectivity index (χ0) is 7.33. The predicted octanol–water partition coefficient (Wildman–Crippen LogP) is -1.12. The van der Waals surface area contributed by atoms with E-state index in [0.717, 1.165) is 0 Å². The predicted molar refractivity (Wildman–Crippen MR) is 38.1 cm³/mol. The van der Waals surface area contributed by atoms with E-state index in [1.54, 1.807) is 0 Å². The molecule has 3 nitrogen and oxygen atoms in total. The zero-order valence-corrected chi connectivity index (χ0v) is 8.47. The minimum absolute atomic E-state index is 0.164. The van der Waals surface area contributed by atoms with Gasteiger partial charge in [0.1, 0.15) is 8.55 Å². The summed E-state index contributed by atoms with van der Waals surface area (Å²) in [6, 6.07) is 0. The molecule has 0 aliphatic carbocycles. The average Bonchev–Trinajstić information content (AvgIpc) is 1.89. The van der Waals surface area contributed by atoms with E-state index in [1.807, 2.05) is 6.92 Å². The first-order chi connectivity index (χ1) is 4.18. The normalized spacial score (nSPS) is 17.3. The molecule has 5 radical (unpaired) electrons. The second kappa shape index (κ2) is 4.36. The summed E-state index contributed by atoms with van der Waals surface area (Å²) in [5, 5.41) is 0. The standard InChI is InChI=1S/C3H9O3Si3/c1-3-6-9(4,5-2)8-7/h4H,3H2,1-2H3. The SMILES string of the molecule is CCO[Si](O)(OC)[Si][Si]. The van der Waals surface area contributed by atoms with Crippen LogP contribution in [0.15, 0.2) is 0 Å². The molecule has 1 unspecified atom stereocenters. The van der Waals surface area contributed by atoms with Gasteiger partial charge in [-0.3, -0.25) is 0 Å². The highest BCUT2D eigenvalue weighted by Crippen LogP contribution is 1.96. The van der Waals surface area contributed by atoms with Gasteiger partial charge in [-0.15, -0.1) is 0 Å². The minimum Gasteiger partial charge on any atom is -0.393 e. The topological polar surface area (TPSA) is 38.7 Å². The first-order valence-corrected chi connectivity index (χ1v) is 7.80. The molecule has 0 aromatic heterocycles. The van der Waals surface area contributed by atoms with Crippen molar-refractivity contribution in [2.45, 2.75) is 6.92 Å². The molecule has 0 aliphatic heterocycles. The summed E-state index contributed by atoms with van der Waals surface area (Å²) in [6.07, 6.45) is 0. The van der Waals surface area contributed by atoms with Gasteiger partial charge in [0.15, 0.2) is 0 Å². The Hall–Kier alpha value is 0.531. The molecule has 0 spiro atoms. The van der Waals surface area contributed by atoms with Crippen LogP contribution < -0.4 is 0 Å². The van der Waals surface area contributed by atoms with Crippen molar-refractivity contribution in [3.05, 3.63) is 0 Å². The van der Waals surface area contributed by atoms with Crippen molar-refractivity contribution in [1.82, 2.24) is 0 Å². The zero-order valence-electron chi connectivity index (χ0n) is 5.47. The molecule has 0 fully saturated rings. The third kappa shape index (κ3) is 3.28. The van der Waals surface area contributed by atoms with Crippen LogP contribution in [0.3, 0.4) is 0 Å². The molecule has 0 aromatic carbocycles. The van der Waals surface area contributed by atoms with Crippen LogP contribution in [0.25, 0.3) is 0 Å². The molecule has 0 aromatic rings. The highest BCUT2D eigenvalue weighted by atomic mass is 29.6. The molecule has 9 heavy (non-hydrogen) atoms. The van der Waals surface area contributed by atoms with Gasteiger partial charge in [-0.2, -0.15) is 0 Å². The van der Waals surface area contributed by atoms with Crippen LogP contribution in [0.2, 0.25) is 0 Å². The van der Waals surface area contributed by atoms with E-state index in [4.69, 9.17) is 8.85 Å². The van der Waals surface area contributed by atoms with Crippen LogP contribution in [-0.2, 0) is 8.85 Å². The Labute approximate surface area is 61.6 Å². The number of hydrogen-bond acceptors (Lipinski definition) is 3. The smallest absolute Gasteiger partial charge is 0.393 e. The van der Waals surface area contributed by atoms with Crippen LogP contribution >= 0.6 is 0 Å². The first-order valence-electron chi connectivity index (χ1n) is 2.54. The van der Waals surface area contributed by atoms with Crippen molar-refractivity contribution in [2.75, 3.05) is 13.7 Å². The van der Waals surface area contributed by atoms with Gasteiger partial charge in [0.2, 0.25) is 0 Å². The maximum absolute atomic E-state index is 9.29. The molecule has 0 heterocycles. The molecule has 6 heteroatoms. The summed E-state index contributed by atoms with van der Waals surface area (Å²) < 4.78 is 9.73. The molecule has 0 rings (SSSR count). The highest BCUT2D eigenvalue weighted by Gasteiger charge is 2.31. The van der Waals surface area contributed by atoms with Gasteiger partial charge in [0.25, 0.3) is 0 Å². The average molecular weight is 177 g/mol. The summed E-state index contributed by atoms with van der Waals surface area (Å²) in [5.41, 5.74) is 0. The molecule has 0 saturated carbocycles. The van der Waals surface area contributed by atoms with Gasteiger partial charge in [0.05, 0.1) is 0 Å². The monoisotopic (exact) mass is 177 g/mol. The van der Waals surface area contributed by atoms with Crippen molar-refractivity contribution >= 4 is 26.6 Å². The Bertz CT molecular complexity index is 74.7. The first kappa shape index (κ1) is 9.53. The molecular weight excluding hydrogens is 168 g/mol. The van der Waals surface area contributed by atoms with Crippen LogP contribution in [0.5, 0.6) is 0 Å². The van der Waals surface area contributed by atoms with E-state index < -0.39 is 8.32 Å². The third-order valence-electron chi connectivity index (χ3n) is 0.775. The van der Waals surface area contributed by atoms with E-state index in [1.165, 1.54) is 7.11 Å². The lowest BCUT2D eigenvalue weighted by Crippen LogP contribution is -2.48. The maximum atomic E-state index is 9.29. The van der Waals surface area contributed by atoms with Gasteiger partial charge in [0, 0.05) is 23.5 Å². The fraction of sp³-hybridized carbons (Fsp3) is 1.00. The molecule has 0 aliphatic rings. The quantitative estimate of drug-likeness (QED) is 0.553. The van der Waals surface area contributed by atoms with Crippen molar-refractivity contribution in [2.24, 2.45) is 0 Å². The second-order valence-electron chi connectivity index (χ2n) is 1.34. The summed E-state index contributed by atoms with van der Waals surface area (Å²) >= 11 is 0. The van der Waals surface area contributed by atoms with Crippen LogP contribution in [0.1, 0.15) is 6.92 Å². The van der Waals surface area contributed by atoms with Crippen molar-refractivity contribution in [3.8, 4) is 0 Å². The Morgan fingerprint density at radius 2 is 2.33 bits per heavy atom. The molecule has 51 valence electrons. The van der Waals surface area contributed by atoms with Gasteiger partial charge in [-0.1, -0.05) is 0 Å². The molecule has 1 N–H and O–H groups in total. The van der Waals surface area contributed by atoms with Gasteiger partial charge < -0.3 is 13.6 Å². The highest BCUT2D eigenvalue weighted by molar-refractivity contribution is 7.32. The van der Waals surface area contributed by atoms with Crippen molar-refractivity contribution in [3.63, 3.8) is 0 Å². The van der Waals surface area contributed by atoms with E-state index in [9.17, 15) is 4.80 Å². The molecule has 0 bridgehead atoms. The summed E-state index contributed by atoms with van der Waals surface area (Å²) in [6.45, 7) is 2.32. The van der Waals surface area contributed by atoms with Crippen LogP contribution in [0.4, 0.5) is 0 Å². The lowest BCUT2D eigenvalue weighted by Gasteiger charge is -2.18. The second-order valence-corrected chi connectivity index (χ2v) is 8.35. The Morgan fingerprint density at radius 3 is 2.44 bits per heavy atom. The fourth-order valence-corrected chi connectivity index (χ4v) is 3.55. The number of rotatable bonds is 4. The molecular formula is C3H9O3Si3. The van der Waals surface area contributed by atoms with Crippen molar-refractivity contribution < 1.29 is 13.6 Å². The molecule has 0 saturated heterocycles. The lowest BCUT2D eigenvalue weighted by molar-refractivity contribution is 0.153. The van der Waals surface area contributed by atoms with Crippen LogP contribution in [0, 0.1) is 0 Å². The summed E-state index contributed by atoms with van der Waals surface area (Å²) in [4.78, 5) is 9.29. The summed E-state index contributed by atoms with van der Waals surface area (Å²) in [7, 11) is 2.03. The van der Waals surface area contributed by atoms with E-state index in [0.29, 0.717) is 6.61 Å². The largest absolute Gasteiger partial charge is 0.457 e. The Kier molecular flexibility index (Phi) is 4.62. The van der Waals surface area contributed by atoms with Crippen molar-refractivity contribution in [1.29, 1.82) is 0 Å². The van der Waals surface area contributed by atoms with E-state index >= 15 is 0 Å². The summed E-state index contributed by atoms with van der Waals surface area (Å²) in [5.74, 6) is 0. The number of hydrogen-bond donors (Lipinski definition) is 1. The molecule has 1 atom stereocenters. The Balaban J connectivity index is 3.62. The fourth-order valence-electron chi connectivity index (χ4n) is 0.342. The Morgan fingerprint density at radius 1 is 1.78 bits per heavy atom. The lowest BCUT2D eigenvalue weighted by atomic mass is 10.9. The maximum Gasteiger partial charge on any atom is 0.457 e. The van der Waals surface area contributed by atoms with Gasteiger partial charge >= 0.3 is 8.32 Å². The third-order valence-corrected chi connectivity index (χ3v) is 7.16. The molecule has 0 amide bonds. The van der Waals surface area contributed by atoms with E-state index in [-0.39, 0.29) is 8.55 Å².